The highest BCUT2D eigenvalue weighted by Crippen LogP contribution is 2.43. The molecule has 0 bridgehead atoms. The van der Waals surface area contributed by atoms with Crippen LogP contribution in [0.2, 0.25) is 0 Å². The van der Waals surface area contributed by atoms with E-state index in [9.17, 15) is 19.8 Å². The molecule has 1 aromatic heterocycles. The number of carbonyl (C=O) groups excluding carboxylic acids is 2. The predicted molar refractivity (Wildman–Crippen MR) is 135 cm³/mol. The molecule has 0 fully saturated rings. The molecule has 0 spiro atoms. The van der Waals surface area contributed by atoms with Crippen molar-refractivity contribution in [3.8, 4) is 33.9 Å². The van der Waals surface area contributed by atoms with E-state index in [4.69, 9.17) is 9.73 Å². The summed E-state index contributed by atoms with van der Waals surface area (Å²) in [6, 6.07) is 10.3. The van der Waals surface area contributed by atoms with Crippen molar-refractivity contribution in [3.63, 3.8) is 0 Å². The van der Waals surface area contributed by atoms with Gasteiger partial charge in [0.2, 0.25) is 5.91 Å². The molecule has 0 atom stereocenters. The number of rotatable bonds is 11. The Balaban J connectivity index is 1.92. The third kappa shape index (κ3) is 6.14. The summed E-state index contributed by atoms with van der Waals surface area (Å²) >= 11 is 0. The average Bonchev–Trinajstić information content (AvgIpc) is 3.29. The molecule has 0 radical (unpaired) electrons. The number of phenols is 2. The molecule has 3 rings (SSSR count). The van der Waals surface area contributed by atoms with Gasteiger partial charge in [-0.05, 0) is 55.0 Å². The molecule has 0 aliphatic heterocycles. The van der Waals surface area contributed by atoms with Crippen LogP contribution in [-0.4, -0.2) is 45.5 Å². The first-order valence-corrected chi connectivity index (χ1v) is 11.9. The van der Waals surface area contributed by atoms with E-state index in [1.165, 1.54) is 6.07 Å². The van der Waals surface area contributed by atoms with Crippen LogP contribution < -0.4 is 16.1 Å². The van der Waals surface area contributed by atoms with Crippen LogP contribution in [0.3, 0.4) is 0 Å². The Morgan fingerprint density at radius 2 is 1.78 bits per heavy atom. The Morgan fingerprint density at radius 3 is 2.42 bits per heavy atom. The number of nitrogens with one attached hydrogen (secondary N) is 3. The fraction of sp³-hybridized carbons (Fsp3) is 0.346. The summed E-state index contributed by atoms with van der Waals surface area (Å²) in [5, 5.41) is 39.4. The van der Waals surface area contributed by atoms with Crippen molar-refractivity contribution in [1.29, 1.82) is 0 Å². The van der Waals surface area contributed by atoms with Gasteiger partial charge in [-0.25, -0.2) is 5.48 Å². The minimum Gasteiger partial charge on any atom is -0.508 e. The summed E-state index contributed by atoms with van der Waals surface area (Å²) in [6.07, 6.45) is 1.62. The molecule has 10 heteroatoms. The highest BCUT2D eigenvalue weighted by Gasteiger charge is 2.27. The van der Waals surface area contributed by atoms with E-state index < -0.39 is 11.8 Å². The third-order valence-corrected chi connectivity index (χ3v) is 5.71. The number of hydrogen-bond donors (Lipinski definition) is 6. The number of carbonyl (C=O) groups is 2. The number of benzene rings is 2. The number of unbranched alkanes of at least 4 members (excludes halogenated alkanes) is 1. The van der Waals surface area contributed by atoms with E-state index >= 15 is 0 Å². The molecule has 0 aliphatic rings. The lowest BCUT2D eigenvalue weighted by molar-refractivity contribution is -0.129. The van der Waals surface area contributed by atoms with E-state index in [0.29, 0.717) is 41.8 Å². The first-order valence-electron chi connectivity index (χ1n) is 11.9. The van der Waals surface area contributed by atoms with Crippen LogP contribution in [0.25, 0.3) is 22.5 Å². The predicted octanol–water partition coefficient (Wildman–Crippen LogP) is 4.38. The number of aromatic nitrogens is 1. The van der Waals surface area contributed by atoms with Gasteiger partial charge in [-0.2, -0.15) is 0 Å². The molecule has 36 heavy (non-hydrogen) atoms. The zero-order valence-electron chi connectivity index (χ0n) is 20.6. The fourth-order valence-corrected chi connectivity index (χ4v) is 3.83. The molecular weight excluding hydrogens is 464 g/mol. The topological polar surface area (TPSA) is 157 Å². The van der Waals surface area contributed by atoms with Crippen molar-refractivity contribution in [2.45, 2.75) is 46.0 Å². The number of phenolic OH excluding ortho intramolecular Hbond substituents is 2. The lowest BCUT2D eigenvalue weighted by Gasteiger charge is -2.13. The number of nitrogens with zero attached hydrogens (tertiary/aromatic N) is 1. The summed E-state index contributed by atoms with van der Waals surface area (Å²) in [6.45, 7) is 6.69. The standard InChI is InChI=1S/C26H32N4O6/c1-4-27-26(34)24-23(16-8-10-17(11-9-16)28-12-6-5-7-22(33)29-35)25(36-30-24)19-13-18(15(2)3)20(31)14-21(19)32/h8-11,13-15,28,31-32,35H,4-7,12H2,1-3H3,(H,27,34)(H,29,33). The third-order valence-electron chi connectivity index (χ3n) is 5.71. The largest absolute Gasteiger partial charge is 0.508 e. The van der Waals surface area contributed by atoms with Crippen molar-refractivity contribution < 1.29 is 29.5 Å². The van der Waals surface area contributed by atoms with Crippen molar-refractivity contribution in [3.05, 3.63) is 47.7 Å². The van der Waals surface area contributed by atoms with E-state index in [0.717, 1.165) is 12.1 Å². The first-order chi connectivity index (χ1) is 17.3. The maximum absolute atomic E-state index is 12.7. The van der Waals surface area contributed by atoms with Crippen LogP contribution >= 0.6 is 0 Å². The Bertz CT molecular complexity index is 1200. The Morgan fingerprint density at radius 1 is 1.06 bits per heavy atom. The number of anilines is 1. The van der Waals surface area contributed by atoms with E-state index in [2.05, 4.69) is 15.8 Å². The van der Waals surface area contributed by atoms with Crippen LogP contribution in [0, 0.1) is 0 Å². The fourth-order valence-electron chi connectivity index (χ4n) is 3.83. The normalized spacial score (nSPS) is 10.9. The van der Waals surface area contributed by atoms with Gasteiger partial charge in [0.1, 0.15) is 11.5 Å². The van der Waals surface area contributed by atoms with Gasteiger partial charge in [0.15, 0.2) is 11.5 Å². The molecule has 6 N–H and O–H groups in total. The van der Waals surface area contributed by atoms with Gasteiger partial charge < -0.3 is 25.4 Å². The van der Waals surface area contributed by atoms with Crippen LogP contribution in [0.1, 0.15) is 62.0 Å². The molecule has 0 saturated carbocycles. The van der Waals surface area contributed by atoms with Crippen molar-refractivity contribution >= 4 is 17.5 Å². The zero-order valence-corrected chi connectivity index (χ0v) is 20.6. The minimum absolute atomic E-state index is 0.0121. The monoisotopic (exact) mass is 496 g/mol. The molecule has 1 heterocycles. The smallest absolute Gasteiger partial charge is 0.274 e. The van der Waals surface area contributed by atoms with Gasteiger partial charge in [0.05, 0.1) is 11.1 Å². The Labute approximate surface area is 209 Å². The van der Waals surface area contributed by atoms with Gasteiger partial charge in [0, 0.05) is 31.3 Å². The molecule has 192 valence electrons. The van der Waals surface area contributed by atoms with E-state index in [1.807, 2.05) is 38.1 Å². The first kappa shape index (κ1) is 26.6. The number of hydrogen-bond acceptors (Lipinski definition) is 8. The number of amides is 2. The van der Waals surface area contributed by atoms with Gasteiger partial charge in [0.25, 0.3) is 5.91 Å². The van der Waals surface area contributed by atoms with E-state index in [-0.39, 0.29) is 35.3 Å². The second kappa shape index (κ2) is 12.1. The van der Waals surface area contributed by atoms with Crippen LogP contribution in [-0.2, 0) is 4.79 Å². The van der Waals surface area contributed by atoms with E-state index in [1.54, 1.807) is 18.5 Å². The Kier molecular flexibility index (Phi) is 8.91. The molecular formula is C26H32N4O6. The number of hydroxylamine groups is 1. The quantitative estimate of drug-likeness (QED) is 0.130. The molecule has 0 unspecified atom stereocenters. The second-order valence-corrected chi connectivity index (χ2v) is 8.67. The second-order valence-electron chi connectivity index (χ2n) is 8.67. The van der Waals surface area contributed by atoms with Crippen LogP contribution in [0.15, 0.2) is 40.9 Å². The molecule has 0 aliphatic carbocycles. The van der Waals surface area contributed by atoms with Gasteiger partial charge in [-0.1, -0.05) is 31.1 Å². The minimum atomic E-state index is -0.410. The molecule has 0 saturated heterocycles. The highest BCUT2D eigenvalue weighted by molar-refractivity contribution is 6.02. The SMILES string of the molecule is CCNC(=O)c1noc(-c2cc(C(C)C)c(O)cc2O)c1-c1ccc(NCCCCC(=O)NO)cc1. The Hall–Kier alpha value is -4.05. The van der Waals surface area contributed by atoms with Crippen molar-refractivity contribution in [2.75, 3.05) is 18.4 Å². The summed E-state index contributed by atoms with van der Waals surface area (Å²) in [7, 11) is 0. The number of aromatic hydroxyl groups is 2. The zero-order chi connectivity index (χ0) is 26.2. The summed E-state index contributed by atoms with van der Waals surface area (Å²) in [4.78, 5) is 23.8. The molecule has 10 nitrogen and oxygen atoms in total. The molecule has 3 aromatic rings. The lowest BCUT2D eigenvalue weighted by atomic mass is 9.94. The van der Waals surface area contributed by atoms with Gasteiger partial charge in [-0.3, -0.25) is 14.8 Å². The summed E-state index contributed by atoms with van der Waals surface area (Å²) in [5.74, 6) is -0.819. The molecule has 2 amide bonds. The van der Waals surface area contributed by atoms with Crippen molar-refractivity contribution in [2.24, 2.45) is 0 Å². The van der Waals surface area contributed by atoms with Gasteiger partial charge in [-0.15, -0.1) is 0 Å². The highest BCUT2D eigenvalue weighted by atomic mass is 16.5. The molecule has 2 aromatic carbocycles. The van der Waals surface area contributed by atoms with Crippen molar-refractivity contribution in [1.82, 2.24) is 16.0 Å². The van der Waals surface area contributed by atoms with Crippen LogP contribution in [0.4, 0.5) is 5.69 Å². The maximum atomic E-state index is 12.7. The average molecular weight is 497 g/mol. The summed E-state index contributed by atoms with van der Waals surface area (Å²) in [5.41, 5.74) is 4.59. The van der Waals surface area contributed by atoms with Crippen LogP contribution in [0.5, 0.6) is 11.5 Å². The summed E-state index contributed by atoms with van der Waals surface area (Å²) < 4.78 is 5.59. The maximum Gasteiger partial charge on any atom is 0.274 e. The lowest BCUT2D eigenvalue weighted by Crippen LogP contribution is -2.23. The van der Waals surface area contributed by atoms with Gasteiger partial charge >= 0.3 is 0 Å².